The SMILES string of the molecule is COc1ccc(C[C@@H]2COc3cc(OC)c(OC)c(OC)c3C2)cc1F. The van der Waals surface area contributed by atoms with Crippen LogP contribution in [0.3, 0.4) is 0 Å². The maximum atomic E-state index is 13.9. The monoisotopic (exact) mass is 362 g/mol. The number of halogens is 1. The van der Waals surface area contributed by atoms with Crippen LogP contribution in [-0.2, 0) is 12.8 Å². The van der Waals surface area contributed by atoms with Crippen LogP contribution in [0, 0.1) is 11.7 Å². The average Bonchev–Trinajstić information content (AvgIpc) is 2.66. The number of hydrogen-bond acceptors (Lipinski definition) is 5. The Kier molecular flexibility index (Phi) is 5.40. The van der Waals surface area contributed by atoms with Gasteiger partial charge in [0.1, 0.15) is 5.75 Å². The van der Waals surface area contributed by atoms with E-state index in [-0.39, 0.29) is 17.5 Å². The zero-order valence-electron chi connectivity index (χ0n) is 15.4. The second kappa shape index (κ2) is 7.72. The Labute approximate surface area is 152 Å². The molecule has 2 aromatic carbocycles. The molecule has 0 spiro atoms. The first-order chi connectivity index (χ1) is 12.6. The summed E-state index contributed by atoms with van der Waals surface area (Å²) in [5.74, 6) is 2.56. The van der Waals surface area contributed by atoms with Gasteiger partial charge in [0, 0.05) is 17.5 Å². The van der Waals surface area contributed by atoms with Crippen molar-refractivity contribution in [3.05, 3.63) is 41.2 Å². The van der Waals surface area contributed by atoms with Gasteiger partial charge in [-0.2, -0.15) is 0 Å². The molecule has 0 saturated heterocycles. The third kappa shape index (κ3) is 3.36. The molecule has 0 radical (unpaired) electrons. The third-order valence-corrected chi connectivity index (χ3v) is 4.60. The minimum absolute atomic E-state index is 0.197. The summed E-state index contributed by atoms with van der Waals surface area (Å²) >= 11 is 0. The summed E-state index contributed by atoms with van der Waals surface area (Å²) in [5, 5.41) is 0. The molecule has 0 aliphatic carbocycles. The highest BCUT2D eigenvalue weighted by atomic mass is 19.1. The fraction of sp³-hybridized carbons (Fsp3) is 0.400. The molecule has 0 saturated carbocycles. The minimum Gasteiger partial charge on any atom is -0.494 e. The van der Waals surface area contributed by atoms with Gasteiger partial charge >= 0.3 is 0 Å². The lowest BCUT2D eigenvalue weighted by Gasteiger charge is -2.28. The first-order valence-corrected chi connectivity index (χ1v) is 8.38. The highest BCUT2D eigenvalue weighted by Gasteiger charge is 2.28. The Bertz CT molecular complexity index is 790. The van der Waals surface area contributed by atoms with Crippen LogP contribution in [0.2, 0.25) is 0 Å². The molecular weight excluding hydrogens is 339 g/mol. The van der Waals surface area contributed by atoms with E-state index in [4.69, 9.17) is 23.7 Å². The van der Waals surface area contributed by atoms with Crippen LogP contribution in [0.4, 0.5) is 4.39 Å². The predicted molar refractivity (Wildman–Crippen MR) is 95.4 cm³/mol. The van der Waals surface area contributed by atoms with E-state index >= 15 is 0 Å². The average molecular weight is 362 g/mol. The molecular formula is C20H23FO5. The summed E-state index contributed by atoms with van der Waals surface area (Å²) in [7, 11) is 6.21. The minimum atomic E-state index is -0.355. The molecule has 0 N–H and O–H groups in total. The van der Waals surface area contributed by atoms with E-state index in [2.05, 4.69) is 0 Å². The molecule has 0 bridgehead atoms. The molecule has 5 nitrogen and oxygen atoms in total. The second-order valence-corrected chi connectivity index (χ2v) is 6.18. The van der Waals surface area contributed by atoms with Crippen LogP contribution >= 0.6 is 0 Å². The number of methoxy groups -OCH3 is 4. The van der Waals surface area contributed by atoms with E-state index in [1.165, 1.54) is 13.2 Å². The van der Waals surface area contributed by atoms with Crippen molar-refractivity contribution in [3.8, 4) is 28.7 Å². The summed E-state index contributed by atoms with van der Waals surface area (Å²) < 4.78 is 41.2. The summed E-state index contributed by atoms with van der Waals surface area (Å²) in [4.78, 5) is 0. The summed E-state index contributed by atoms with van der Waals surface area (Å²) in [6.07, 6.45) is 1.43. The molecule has 0 fully saturated rings. The fourth-order valence-corrected chi connectivity index (χ4v) is 3.37. The smallest absolute Gasteiger partial charge is 0.203 e. The van der Waals surface area contributed by atoms with Crippen molar-refractivity contribution in [1.82, 2.24) is 0 Å². The molecule has 1 aliphatic heterocycles. The van der Waals surface area contributed by atoms with Crippen molar-refractivity contribution >= 4 is 0 Å². The molecule has 2 aromatic rings. The second-order valence-electron chi connectivity index (χ2n) is 6.18. The maximum absolute atomic E-state index is 13.9. The Balaban J connectivity index is 1.86. The maximum Gasteiger partial charge on any atom is 0.203 e. The van der Waals surface area contributed by atoms with Gasteiger partial charge in [-0.05, 0) is 30.5 Å². The Morgan fingerprint density at radius 1 is 0.962 bits per heavy atom. The van der Waals surface area contributed by atoms with Gasteiger partial charge < -0.3 is 23.7 Å². The van der Waals surface area contributed by atoms with Gasteiger partial charge in [-0.1, -0.05) is 6.07 Å². The molecule has 3 rings (SSSR count). The van der Waals surface area contributed by atoms with Crippen LogP contribution in [-0.4, -0.2) is 35.0 Å². The zero-order chi connectivity index (χ0) is 18.7. The molecule has 6 heteroatoms. The number of rotatable bonds is 6. The lowest BCUT2D eigenvalue weighted by molar-refractivity contribution is 0.213. The van der Waals surface area contributed by atoms with Crippen LogP contribution < -0.4 is 23.7 Å². The lowest BCUT2D eigenvalue weighted by atomic mass is 9.90. The van der Waals surface area contributed by atoms with Gasteiger partial charge in [0.25, 0.3) is 0 Å². The van der Waals surface area contributed by atoms with E-state index in [1.54, 1.807) is 27.4 Å². The lowest BCUT2D eigenvalue weighted by Crippen LogP contribution is -2.23. The standard InChI is InChI=1S/C20H23FO5/c1-22-16-6-5-12(9-15(16)21)7-13-8-14-17(26-11-13)10-18(23-2)20(25-4)19(14)24-3/h5-6,9-10,13H,7-8,11H2,1-4H3/t13-/m0/s1. The molecule has 140 valence electrons. The molecule has 0 unspecified atom stereocenters. The quantitative estimate of drug-likeness (QED) is 0.785. The van der Waals surface area contributed by atoms with Crippen molar-refractivity contribution in [2.24, 2.45) is 5.92 Å². The van der Waals surface area contributed by atoms with E-state index in [1.807, 2.05) is 12.1 Å². The summed E-state index contributed by atoms with van der Waals surface area (Å²) in [5.41, 5.74) is 1.84. The van der Waals surface area contributed by atoms with Crippen LogP contribution in [0.1, 0.15) is 11.1 Å². The van der Waals surface area contributed by atoms with E-state index in [9.17, 15) is 4.39 Å². The number of fused-ring (bicyclic) bond motifs is 1. The van der Waals surface area contributed by atoms with Gasteiger partial charge in [0.05, 0.1) is 35.0 Å². The van der Waals surface area contributed by atoms with Gasteiger partial charge in [0.2, 0.25) is 5.75 Å². The highest BCUT2D eigenvalue weighted by molar-refractivity contribution is 5.62. The van der Waals surface area contributed by atoms with Crippen molar-refractivity contribution in [3.63, 3.8) is 0 Å². The van der Waals surface area contributed by atoms with Crippen LogP contribution in [0.25, 0.3) is 0 Å². The molecule has 1 atom stereocenters. The van der Waals surface area contributed by atoms with Gasteiger partial charge in [-0.15, -0.1) is 0 Å². The highest BCUT2D eigenvalue weighted by Crippen LogP contribution is 2.47. The largest absolute Gasteiger partial charge is 0.494 e. The van der Waals surface area contributed by atoms with Gasteiger partial charge in [-0.25, -0.2) is 4.39 Å². The Hall–Kier alpha value is -2.63. The summed E-state index contributed by atoms with van der Waals surface area (Å²) in [6, 6.07) is 6.86. The Morgan fingerprint density at radius 2 is 1.69 bits per heavy atom. The predicted octanol–water partition coefficient (Wildman–Crippen LogP) is 3.65. The first-order valence-electron chi connectivity index (χ1n) is 8.38. The normalized spacial score (nSPS) is 15.7. The van der Waals surface area contributed by atoms with Crippen LogP contribution in [0.15, 0.2) is 24.3 Å². The van der Waals surface area contributed by atoms with Crippen molar-refractivity contribution in [2.75, 3.05) is 35.0 Å². The zero-order valence-corrected chi connectivity index (χ0v) is 15.4. The number of ether oxygens (including phenoxy) is 5. The first kappa shape index (κ1) is 18.2. The number of benzene rings is 2. The van der Waals surface area contributed by atoms with E-state index in [0.29, 0.717) is 30.3 Å². The Morgan fingerprint density at radius 3 is 2.31 bits per heavy atom. The van der Waals surface area contributed by atoms with Crippen molar-refractivity contribution in [2.45, 2.75) is 12.8 Å². The van der Waals surface area contributed by atoms with Crippen LogP contribution in [0.5, 0.6) is 28.7 Å². The van der Waals surface area contributed by atoms with Gasteiger partial charge in [-0.3, -0.25) is 0 Å². The molecule has 1 aliphatic rings. The topological polar surface area (TPSA) is 46.2 Å². The molecule has 0 aromatic heterocycles. The van der Waals surface area contributed by atoms with E-state index < -0.39 is 0 Å². The van der Waals surface area contributed by atoms with Gasteiger partial charge in [0.15, 0.2) is 23.1 Å². The molecule has 1 heterocycles. The van der Waals surface area contributed by atoms with E-state index in [0.717, 1.165) is 23.3 Å². The third-order valence-electron chi connectivity index (χ3n) is 4.60. The van der Waals surface area contributed by atoms with Crippen molar-refractivity contribution < 1.29 is 28.1 Å². The fourth-order valence-electron chi connectivity index (χ4n) is 3.37. The number of hydrogen-bond donors (Lipinski definition) is 0. The molecule has 0 amide bonds. The summed E-state index contributed by atoms with van der Waals surface area (Å²) in [6.45, 7) is 0.541. The van der Waals surface area contributed by atoms with Crippen molar-refractivity contribution in [1.29, 1.82) is 0 Å². The molecule has 26 heavy (non-hydrogen) atoms.